The predicted molar refractivity (Wildman–Crippen MR) is 80.1 cm³/mol. The van der Waals surface area contributed by atoms with Gasteiger partial charge in [0.2, 0.25) is 0 Å². The monoisotopic (exact) mass is 332 g/mol. The number of nitro groups is 1. The van der Waals surface area contributed by atoms with Crippen LogP contribution in [0, 0.1) is 15.5 Å². The van der Waals surface area contributed by atoms with Crippen LogP contribution in [0.25, 0.3) is 0 Å². The summed E-state index contributed by atoms with van der Waals surface area (Å²) in [7, 11) is 0. The molecule has 0 aromatic heterocycles. The van der Waals surface area contributed by atoms with Crippen LogP contribution >= 0.6 is 23.2 Å². The number of non-ortho nitro benzene ring substituents is 1. The quantitative estimate of drug-likeness (QED) is 0.643. The molecule has 21 heavy (non-hydrogen) atoms. The smallest absolute Gasteiger partial charge is 0.311 e. The number of carboxylic acid groups (broad SMARTS) is 1. The van der Waals surface area contributed by atoms with E-state index in [4.69, 9.17) is 23.2 Å². The van der Waals surface area contributed by atoms with Gasteiger partial charge in [-0.25, -0.2) is 0 Å². The van der Waals surface area contributed by atoms with Crippen LogP contribution in [0.15, 0.2) is 12.1 Å². The van der Waals surface area contributed by atoms with Gasteiger partial charge in [0.1, 0.15) is 0 Å². The van der Waals surface area contributed by atoms with E-state index in [2.05, 4.69) is 5.32 Å². The van der Waals surface area contributed by atoms with Crippen LogP contribution in [0.2, 0.25) is 10.0 Å². The van der Waals surface area contributed by atoms with Gasteiger partial charge in [0.25, 0.3) is 5.69 Å². The van der Waals surface area contributed by atoms with Crippen LogP contribution < -0.4 is 5.32 Å². The fourth-order valence-corrected chi connectivity index (χ4v) is 3.22. The van der Waals surface area contributed by atoms with Crippen molar-refractivity contribution in [1.82, 2.24) is 0 Å². The minimum absolute atomic E-state index is 0.105. The van der Waals surface area contributed by atoms with E-state index in [0.717, 1.165) is 6.42 Å². The number of benzene rings is 1. The van der Waals surface area contributed by atoms with Gasteiger partial charge in [0.15, 0.2) is 0 Å². The minimum atomic E-state index is -0.908. The molecule has 1 aromatic rings. The predicted octanol–water partition coefficient (Wildman–Crippen LogP) is 3.96. The van der Waals surface area contributed by atoms with E-state index in [-0.39, 0.29) is 21.8 Å². The first kappa shape index (κ1) is 15.9. The van der Waals surface area contributed by atoms with E-state index in [1.54, 1.807) is 6.92 Å². The van der Waals surface area contributed by atoms with Crippen molar-refractivity contribution in [2.45, 2.75) is 32.2 Å². The van der Waals surface area contributed by atoms with Crippen molar-refractivity contribution in [3.05, 3.63) is 32.3 Å². The van der Waals surface area contributed by atoms with Gasteiger partial charge >= 0.3 is 5.97 Å². The number of nitrogens with one attached hydrogen (secondary N) is 1. The average Bonchev–Trinajstić information content (AvgIpc) is 2.76. The van der Waals surface area contributed by atoms with E-state index in [1.165, 1.54) is 12.1 Å². The summed E-state index contributed by atoms with van der Waals surface area (Å²) in [5.41, 5.74) is -0.777. The highest BCUT2D eigenvalue weighted by atomic mass is 35.5. The van der Waals surface area contributed by atoms with Crippen LogP contribution in [0.1, 0.15) is 26.2 Å². The first-order chi connectivity index (χ1) is 9.75. The van der Waals surface area contributed by atoms with Crippen molar-refractivity contribution < 1.29 is 14.8 Å². The highest BCUT2D eigenvalue weighted by Gasteiger charge is 2.45. The summed E-state index contributed by atoms with van der Waals surface area (Å²) in [6.07, 6.45) is 2.01. The second kappa shape index (κ2) is 5.69. The molecule has 2 N–H and O–H groups in total. The molecule has 0 aliphatic heterocycles. The zero-order valence-corrected chi connectivity index (χ0v) is 12.7. The highest BCUT2D eigenvalue weighted by molar-refractivity contribution is 6.39. The molecule has 2 rings (SSSR count). The minimum Gasteiger partial charge on any atom is -0.481 e. The van der Waals surface area contributed by atoms with E-state index in [0.29, 0.717) is 18.5 Å². The standard InChI is InChI=1S/C13H14Cl2N2O4/c1-13(12(18)19)4-2-3-10(13)16-11-8(14)5-7(17(20)21)6-9(11)15/h5-6,10,16H,2-4H2,1H3,(H,18,19). The Balaban J connectivity index is 2.32. The maximum Gasteiger partial charge on any atom is 0.311 e. The van der Waals surface area contributed by atoms with Crippen molar-refractivity contribution in [1.29, 1.82) is 0 Å². The third-order valence-corrected chi connectivity index (χ3v) is 4.60. The lowest BCUT2D eigenvalue weighted by molar-refractivity contribution is -0.384. The van der Waals surface area contributed by atoms with Gasteiger partial charge in [-0.1, -0.05) is 29.6 Å². The van der Waals surface area contributed by atoms with Crippen LogP contribution in [0.3, 0.4) is 0 Å². The van der Waals surface area contributed by atoms with Gasteiger partial charge < -0.3 is 10.4 Å². The van der Waals surface area contributed by atoms with Gasteiger partial charge in [-0.15, -0.1) is 0 Å². The summed E-state index contributed by atoms with van der Waals surface area (Å²) in [6.45, 7) is 1.67. The number of halogens is 2. The Morgan fingerprint density at radius 3 is 2.52 bits per heavy atom. The van der Waals surface area contributed by atoms with Crippen molar-refractivity contribution in [3.63, 3.8) is 0 Å². The molecule has 1 fully saturated rings. The number of hydrogen-bond acceptors (Lipinski definition) is 4. The van der Waals surface area contributed by atoms with E-state index in [9.17, 15) is 20.0 Å². The molecular formula is C13H14Cl2N2O4. The Morgan fingerprint density at radius 1 is 1.48 bits per heavy atom. The lowest BCUT2D eigenvalue weighted by atomic mass is 9.85. The average molecular weight is 333 g/mol. The number of carbonyl (C=O) groups is 1. The molecule has 0 saturated heterocycles. The van der Waals surface area contributed by atoms with Gasteiger partial charge in [-0.05, 0) is 19.8 Å². The maximum atomic E-state index is 11.4. The number of carboxylic acids is 1. The Bertz CT molecular complexity index is 585. The number of aliphatic carboxylic acids is 1. The SMILES string of the molecule is CC1(C(=O)O)CCCC1Nc1c(Cl)cc([N+](=O)[O-])cc1Cl. The summed E-state index contributed by atoms with van der Waals surface area (Å²) in [6, 6.07) is 2.07. The third-order valence-electron chi connectivity index (χ3n) is 4.00. The van der Waals surface area contributed by atoms with Gasteiger partial charge in [0.05, 0.1) is 26.1 Å². The Labute approximate surface area is 131 Å². The van der Waals surface area contributed by atoms with Gasteiger partial charge in [0, 0.05) is 18.2 Å². The number of nitro benzene ring substituents is 1. The molecule has 0 radical (unpaired) electrons. The van der Waals surface area contributed by atoms with Crippen molar-refractivity contribution in [2.75, 3.05) is 5.32 Å². The summed E-state index contributed by atoms with van der Waals surface area (Å²) >= 11 is 12.1. The van der Waals surface area contributed by atoms with Crippen molar-refractivity contribution >= 4 is 40.5 Å². The topological polar surface area (TPSA) is 92.5 Å². The maximum absolute atomic E-state index is 11.4. The molecule has 8 heteroatoms. The molecule has 1 aromatic carbocycles. The lowest BCUT2D eigenvalue weighted by Gasteiger charge is -2.29. The van der Waals surface area contributed by atoms with Crippen molar-refractivity contribution in [3.8, 4) is 0 Å². The zero-order valence-electron chi connectivity index (χ0n) is 11.2. The molecule has 0 bridgehead atoms. The normalized spacial score (nSPS) is 24.8. The summed E-state index contributed by atoms with van der Waals surface area (Å²) in [5.74, 6) is -0.883. The molecule has 2 atom stereocenters. The fraction of sp³-hybridized carbons (Fsp3) is 0.462. The van der Waals surface area contributed by atoms with Gasteiger partial charge in [-0.2, -0.15) is 0 Å². The number of rotatable bonds is 4. The van der Waals surface area contributed by atoms with Crippen LogP contribution in [0.5, 0.6) is 0 Å². The zero-order chi connectivity index (χ0) is 15.8. The molecule has 0 amide bonds. The molecule has 114 valence electrons. The molecule has 1 aliphatic carbocycles. The Morgan fingerprint density at radius 2 is 2.05 bits per heavy atom. The number of anilines is 1. The Hall–Kier alpha value is -1.53. The molecule has 0 heterocycles. The first-order valence-corrected chi connectivity index (χ1v) is 7.14. The summed E-state index contributed by atoms with van der Waals surface area (Å²) in [4.78, 5) is 21.6. The lowest BCUT2D eigenvalue weighted by Crippen LogP contribution is -2.40. The summed E-state index contributed by atoms with van der Waals surface area (Å²) < 4.78 is 0. The molecule has 6 nitrogen and oxygen atoms in total. The molecule has 1 aliphatic rings. The van der Waals surface area contributed by atoms with Crippen LogP contribution in [0.4, 0.5) is 11.4 Å². The third kappa shape index (κ3) is 2.91. The van der Waals surface area contributed by atoms with Crippen LogP contribution in [-0.4, -0.2) is 22.0 Å². The second-order valence-corrected chi connectivity index (χ2v) is 6.17. The largest absolute Gasteiger partial charge is 0.481 e. The molecular weight excluding hydrogens is 319 g/mol. The number of hydrogen-bond donors (Lipinski definition) is 2. The highest BCUT2D eigenvalue weighted by Crippen LogP contribution is 2.43. The second-order valence-electron chi connectivity index (χ2n) is 5.35. The van der Waals surface area contributed by atoms with Crippen molar-refractivity contribution in [2.24, 2.45) is 5.41 Å². The van der Waals surface area contributed by atoms with Crippen LogP contribution in [-0.2, 0) is 4.79 Å². The Kier molecular flexibility index (Phi) is 4.30. The molecule has 1 saturated carbocycles. The summed E-state index contributed by atoms with van der Waals surface area (Å²) in [5, 5.41) is 23.4. The fourth-order valence-electron chi connectivity index (χ4n) is 2.63. The molecule has 2 unspecified atom stereocenters. The van der Waals surface area contributed by atoms with E-state index < -0.39 is 16.3 Å². The van der Waals surface area contributed by atoms with E-state index in [1.807, 2.05) is 0 Å². The number of nitrogens with zero attached hydrogens (tertiary/aromatic N) is 1. The first-order valence-electron chi connectivity index (χ1n) is 6.39. The molecule has 0 spiro atoms. The van der Waals surface area contributed by atoms with E-state index >= 15 is 0 Å². The van der Waals surface area contributed by atoms with Gasteiger partial charge in [-0.3, -0.25) is 14.9 Å².